The van der Waals surface area contributed by atoms with Crippen molar-refractivity contribution in [3.8, 4) is 16.9 Å². The molecule has 4 aromatic rings. The van der Waals surface area contributed by atoms with Crippen molar-refractivity contribution in [2.75, 3.05) is 0 Å². The van der Waals surface area contributed by atoms with E-state index in [0.717, 1.165) is 22.1 Å². The summed E-state index contributed by atoms with van der Waals surface area (Å²) in [4.78, 5) is 11.1. The lowest BCUT2D eigenvalue weighted by Gasteiger charge is -2.12. The molecule has 4 rings (SSSR count). The SMILES string of the molecule is NC(F)c1cccc(-c2cc(COc3ccccc3CC(=O)O)cc3ccoc23)c1. The van der Waals surface area contributed by atoms with E-state index in [0.29, 0.717) is 22.5 Å². The number of carbonyl (C=O) groups is 1. The molecule has 0 fully saturated rings. The minimum Gasteiger partial charge on any atom is -0.489 e. The maximum Gasteiger partial charge on any atom is 0.307 e. The maximum absolute atomic E-state index is 13.6. The van der Waals surface area contributed by atoms with Gasteiger partial charge in [0.15, 0.2) is 6.30 Å². The molecule has 0 aliphatic carbocycles. The maximum atomic E-state index is 13.6. The van der Waals surface area contributed by atoms with E-state index in [1.165, 1.54) is 0 Å². The van der Waals surface area contributed by atoms with Crippen LogP contribution in [0.15, 0.2) is 77.4 Å². The average molecular weight is 405 g/mol. The van der Waals surface area contributed by atoms with Crippen molar-refractivity contribution in [3.05, 3.63) is 89.7 Å². The summed E-state index contributed by atoms with van der Waals surface area (Å²) < 4.78 is 25.2. The molecule has 0 amide bonds. The number of fused-ring (bicyclic) bond motifs is 1. The van der Waals surface area contributed by atoms with E-state index in [-0.39, 0.29) is 13.0 Å². The van der Waals surface area contributed by atoms with Crippen LogP contribution in [-0.2, 0) is 17.8 Å². The van der Waals surface area contributed by atoms with Crippen molar-refractivity contribution in [2.45, 2.75) is 19.3 Å². The van der Waals surface area contributed by atoms with E-state index in [4.69, 9.17) is 20.0 Å². The average Bonchev–Trinajstić information content (AvgIpc) is 3.21. The Morgan fingerprint density at radius 2 is 1.93 bits per heavy atom. The third-order valence-electron chi connectivity index (χ3n) is 4.84. The van der Waals surface area contributed by atoms with E-state index < -0.39 is 12.3 Å². The van der Waals surface area contributed by atoms with Crippen molar-refractivity contribution >= 4 is 16.9 Å². The van der Waals surface area contributed by atoms with E-state index in [1.807, 2.05) is 24.3 Å². The Balaban J connectivity index is 1.67. The van der Waals surface area contributed by atoms with E-state index in [9.17, 15) is 9.18 Å². The normalized spacial score (nSPS) is 12.1. The molecule has 0 saturated carbocycles. The second-order valence-corrected chi connectivity index (χ2v) is 6.98. The molecule has 152 valence electrons. The van der Waals surface area contributed by atoms with Crippen LogP contribution in [0, 0.1) is 0 Å². The minimum atomic E-state index is -1.56. The summed E-state index contributed by atoms with van der Waals surface area (Å²) in [7, 11) is 0. The van der Waals surface area contributed by atoms with Gasteiger partial charge in [0.05, 0.1) is 12.7 Å². The number of carboxylic acid groups (broad SMARTS) is 1. The summed E-state index contributed by atoms with van der Waals surface area (Å²) in [6.45, 7) is 0.243. The number of aliphatic carboxylic acids is 1. The number of nitrogens with two attached hydrogens (primary N) is 1. The molecule has 3 aromatic carbocycles. The standard InChI is InChI=1S/C24H20FNO4/c25-24(26)19-6-3-5-16(12-19)20-11-15(10-18-8-9-29-23(18)20)14-30-21-7-2-1-4-17(21)13-22(27)28/h1-12,24H,13-14,26H2,(H,27,28). The van der Waals surface area contributed by atoms with Gasteiger partial charge in [0, 0.05) is 22.1 Å². The quantitative estimate of drug-likeness (QED) is 0.411. The second-order valence-electron chi connectivity index (χ2n) is 6.98. The molecular weight excluding hydrogens is 385 g/mol. The summed E-state index contributed by atoms with van der Waals surface area (Å²) >= 11 is 0. The molecule has 1 heterocycles. The highest BCUT2D eigenvalue weighted by atomic mass is 19.1. The van der Waals surface area contributed by atoms with Gasteiger partial charge in [-0.15, -0.1) is 0 Å². The Morgan fingerprint density at radius 1 is 1.10 bits per heavy atom. The highest BCUT2D eigenvalue weighted by Gasteiger charge is 2.13. The van der Waals surface area contributed by atoms with Gasteiger partial charge in [-0.3, -0.25) is 10.5 Å². The number of halogens is 1. The second kappa shape index (κ2) is 8.39. The summed E-state index contributed by atoms with van der Waals surface area (Å²) in [5.41, 5.74) is 9.54. The largest absolute Gasteiger partial charge is 0.489 e. The zero-order valence-electron chi connectivity index (χ0n) is 16.0. The number of alkyl halides is 1. The van der Waals surface area contributed by atoms with Gasteiger partial charge in [0.25, 0.3) is 0 Å². The number of rotatable bonds is 7. The van der Waals surface area contributed by atoms with Crippen LogP contribution in [0.1, 0.15) is 23.0 Å². The molecule has 3 N–H and O–H groups in total. The van der Waals surface area contributed by atoms with Crippen molar-refractivity contribution < 1.29 is 23.4 Å². The van der Waals surface area contributed by atoms with Crippen LogP contribution < -0.4 is 10.5 Å². The number of furan rings is 1. The molecule has 1 unspecified atom stereocenters. The van der Waals surface area contributed by atoms with Crippen LogP contribution in [0.5, 0.6) is 5.75 Å². The lowest BCUT2D eigenvalue weighted by atomic mass is 9.99. The highest BCUT2D eigenvalue weighted by molar-refractivity contribution is 5.93. The van der Waals surface area contributed by atoms with Crippen LogP contribution >= 0.6 is 0 Å². The minimum absolute atomic E-state index is 0.113. The van der Waals surface area contributed by atoms with Gasteiger partial charge >= 0.3 is 5.97 Å². The first-order chi connectivity index (χ1) is 14.5. The van der Waals surface area contributed by atoms with Crippen LogP contribution in [-0.4, -0.2) is 11.1 Å². The lowest BCUT2D eigenvalue weighted by molar-refractivity contribution is -0.136. The van der Waals surface area contributed by atoms with Gasteiger partial charge in [-0.05, 0) is 41.5 Å². The molecule has 5 nitrogen and oxygen atoms in total. The Bertz CT molecular complexity index is 1200. The number of hydrogen-bond acceptors (Lipinski definition) is 4. The van der Waals surface area contributed by atoms with Crippen molar-refractivity contribution in [2.24, 2.45) is 5.73 Å². The predicted molar refractivity (Wildman–Crippen MR) is 112 cm³/mol. The van der Waals surface area contributed by atoms with Gasteiger partial charge in [-0.2, -0.15) is 0 Å². The van der Waals surface area contributed by atoms with E-state index in [2.05, 4.69) is 0 Å². The number of hydrogen-bond donors (Lipinski definition) is 2. The van der Waals surface area contributed by atoms with Crippen LogP contribution in [0.2, 0.25) is 0 Å². The van der Waals surface area contributed by atoms with Crippen LogP contribution in [0.4, 0.5) is 4.39 Å². The Labute approximate surface area is 172 Å². The van der Waals surface area contributed by atoms with Gasteiger partial charge < -0.3 is 14.3 Å². The Kier molecular flexibility index (Phi) is 5.50. The number of benzene rings is 3. The third kappa shape index (κ3) is 4.18. The van der Waals surface area contributed by atoms with Crippen molar-refractivity contribution in [1.29, 1.82) is 0 Å². The molecule has 0 saturated heterocycles. The first-order valence-corrected chi connectivity index (χ1v) is 9.44. The molecule has 1 atom stereocenters. The monoisotopic (exact) mass is 405 g/mol. The van der Waals surface area contributed by atoms with Crippen LogP contribution in [0.25, 0.3) is 22.1 Å². The number of carboxylic acids is 1. The summed E-state index contributed by atoms with van der Waals surface area (Å²) in [6, 6.07) is 19.8. The molecular formula is C24H20FNO4. The Morgan fingerprint density at radius 3 is 2.73 bits per heavy atom. The first-order valence-electron chi connectivity index (χ1n) is 9.44. The predicted octanol–water partition coefficient (Wildman–Crippen LogP) is 5.23. The highest BCUT2D eigenvalue weighted by Crippen LogP contribution is 2.33. The van der Waals surface area contributed by atoms with E-state index >= 15 is 0 Å². The molecule has 0 bridgehead atoms. The van der Waals surface area contributed by atoms with Gasteiger partial charge in [-0.25, -0.2) is 4.39 Å². The Hall–Kier alpha value is -3.64. The van der Waals surface area contributed by atoms with Crippen molar-refractivity contribution in [1.82, 2.24) is 0 Å². The fraction of sp³-hybridized carbons (Fsp3) is 0.125. The molecule has 6 heteroatoms. The van der Waals surface area contributed by atoms with Crippen molar-refractivity contribution in [3.63, 3.8) is 0 Å². The zero-order chi connectivity index (χ0) is 21.1. The van der Waals surface area contributed by atoms with Crippen LogP contribution in [0.3, 0.4) is 0 Å². The summed E-state index contributed by atoms with van der Waals surface area (Å²) in [6.07, 6.45) is -0.0706. The first kappa shape index (κ1) is 19.7. The summed E-state index contributed by atoms with van der Waals surface area (Å²) in [5, 5.41) is 9.98. The molecule has 30 heavy (non-hydrogen) atoms. The molecule has 1 aromatic heterocycles. The molecule has 0 aliphatic rings. The zero-order valence-corrected chi connectivity index (χ0v) is 16.0. The van der Waals surface area contributed by atoms with Gasteiger partial charge in [0.1, 0.15) is 17.9 Å². The fourth-order valence-electron chi connectivity index (χ4n) is 3.43. The topological polar surface area (TPSA) is 85.7 Å². The smallest absolute Gasteiger partial charge is 0.307 e. The molecule has 0 spiro atoms. The molecule has 0 radical (unpaired) electrons. The number of para-hydroxylation sites is 1. The number of ether oxygens (including phenoxy) is 1. The third-order valence-corrected chi connectivity index (χ3v) is 4.84. The lowest BCUT2D eigenvalue weighted by Crippen LogP contribution is -2.04. The molecule has 0 aliphatic heterocycles. The van der Waals surface area contributed by atoms with Gasteiger partial charge in [0.2, 0.25) is 0 Å². The van der Waals surface area contributed by atoms with E-state index in [1.54, 1.807) is 48.7 Å². The summed E-state index contributed by atoms with van der Waals surface area (Å²) in [5.74, 6) is -0.391. The fourth-order valence-corrected chi connectivity index (χ4v) is 3.43. The van der Waals surface area contributed by atoms with Gasteiger partial charge in [-0.1, -0.05) is 36.4 Å².